The van der Waals surface area contributed by atoms with Crippen LogP contribution in [0.25, 0.3) is 0 Å². The number of nitrogens with one attached hydrogen (secondary N) is 1. The van der Waals surface area contributed by atoms with Gasteiger partial charge >= 0.3 is 13.0 Å². The van der Waals surface area contributed by atoms with Crippen molar-refractivity contribution in [1.82, 2.24) is 10.2 Å². The SMILES string of the molecule is FC(F)Oc1ccc([C@@H](c2ccc(OC(F)(F)F)cc2)N2CCNCC2)cc1. The molecule has 1 saturated heterocycles. The molecule has 0 aromatic heterocycles. The molecule has 0 unspecified atom stereocenters. The molecule has 28 heavy (non-hydrogen) atoms. The molecule has 0 saturated carbocycles. The summed E-state index contributed by atoms with van der Waals surface area (Å²) in [7, 11) is 0. The van der Waals surface area contributed by atoms with Crippen LogP contribution < -0.4 is 14.8 Å². The lowest BCUT2D eigenvalue weighted by molar-refractivity contribution is -0.274. The van der Waals surface area contributed by atoms with Crippen LogP contribution >= 0.6 is 0 Å². The van der Waals surface area contributed by atoms with Crippen LogP contribution in [0, 0.1) is 0 Å². The van der Waals surface area contributed by atoms with Crippen LogP contribution in [0.4, 0.5) is 22.0 Å². The number of hydrogen-bond donors (Lipinski definition) is 1. The zero-order chi connectivity index (χ0) is 20.1. The molecule has 4 nitrogen and oxygen atoms in total. The fourth-order valence-corrected chi connectivity index (χ4v) is 3.24. The Morgan fingerprint density at radius 3 is 1.79 bits per heavy atom. The lowest BCUT2D eigenvalue weighted by Crippen LogP contribution is -2.45. The van der Waals surface area contributed by atoms with Gasteiger partial charge in [-0.2, -0.15) is 8.78 Å². The summed E-state index contributed by atoms with van der Waals surface area (Å²) in [5, 5.41) is 3.25. The molecule has 2 aromatic carbocycles. The van der Waals surface area contributed by atoms with Gasteiger partial charge in [0.15, 0.2) is 0 Å². The van der Waals surface area contributed by atoms with Gasteiger partial charge in [-0.05, 0) is 35.4 Å². The smallest absolute Gasteiger partial charge is 0.435 e. The molecule has 1 aliphatic heterocycles. The number of ether oxygens (including phenoxy) is 2. The number of hydrogen-bond acceptors (Lipinski definition) is 4. The van der Waals surface area contributed by atoms with E-state index in [1.807, 2.05) is 0 Å². The van der Waals surface area contributed by atoms with E-state index in [4.69, 9.17) is 0 Å². The standard InChI is InChI=1S/C19H19F5N2O2/c20-18(21)27-15-5-1-13(2-6-15)17(26-11-9-25-10-12-26)14-3-7-16(8-4-14)28-19(22,23)24/h1-8,17-18,25H,9-12H2/t17-/m0/s1. The Morgan fingerprint density at radius 2 is 1.32 bits per heavy atom. The molecule has 0 amide bonds. The highest BCUT2D eigenvalue weighted by Crippen LogP contribution is 2.32. The van der Waals surface area contributed by atoms with E-state index in [1.165, 1.54) is 24.3 Å². The third-order valence-corrected chi connectivity index (χ3v) is 4.37. The number of benzene rings is 2. The van der Waals surface area contributed by atoms with E-state index in [0.717, 1.165) is 37.3 Å². The largest absolute Gasteiger partial charge is 0.573 e. The number of piperazine rings is 1. The van der Waals surface area contributed by atoms with Crippen molar-refractivity contribution in [2.45, 2.75) is 19.0 Å². The van der Waals surface area contributed by atoms with E-state index in [-0.39, 0.29) is 17.5 Å². The van der Waals surface area contributed by atoms with E-state index >= 15 is 0 Å². The Balaban J connectivity index is 1.86. The van der Waals surface area contributed by atoms with Crippen LogP contribution in [-0.2, 0) is 0 Å². The van der Waals surface area contributed by atoms with Crippen molar-refractivity contribution in [3.05, 3.63) is 59.7 Å². The van der Waals surface area contributed by atoms with E-state index < -0.39 is 13.0 Å². The summed E-state index contributed by atoms with van der Waals surface area (Å²) < 4.78 is 70.2. The van der Waals surface area contributed by atoms with E-state index in [2.05, 4.69) is 19.7 Å². The third-order valence-electron chi connectivity index (χ3n) is 4.37. The molecular weight excluding hydrogens is 383 g/mol. The molecule has 1 aliphatic rings. The second-order valence-electron chi connectivity index (χ2n) is 6.25. The van der Waals surface area contributed by atoms with Crippen molar-refractivity contribution in [1.29, 1.82) is 0 Å². The van der Waals surface area contributed by atoms with Gasteiger partial charge in [0.25, 0.3) is 0 Å². The summed E-state index contributed by atoms with van der Waals surface area (Å²) in [5.74, 6) is -0.247. The summed E-state index contributed by atoms with van der Waals surface area (Å²) >= 11 is 0. The van der Waals surface area contributed by atoms with Gasteiger partial charge in [-0.3, -0.25) is 4.90 Å². The molecule has 0 radical (unpaired) electrons. The van der Waals surface area contributed by atoms with Gasteiger partial charge < -0.3 is 14.8 Å². The van der Waals surface area contributed by atoms with Crippen molar-refractivity contribution >= 4 is 0 Å². The number of halogens is 5. The molecule has 152 valence electrons. The molecule has 1 fully saturated rings. The minimum absolute atomic E-state index is 0.0479. The lowest BCUT2D eigenvalue weighted by atomic mass is 9.96. The highest BCUT2D eigenvalue weighted by molar-refractivity contribution is 5.38. The van der Waals surface area contributed by atoms with Crippen LogP contribution in [0.5, 0.6) is 11.5 Å². The predicted molar refractivity (Wildman–Crippen MR) is 92.5 cm³/mol. The fraction of sp³-hybridized carbons (Fsp3) is 0.368. The van der Waals surface area contributed by atoms with Gasteiger partial charge in [0.1, 0.15) is 11.5 Å². The van der Waals surface area contributed by atoms with Crippen LogP contribution in [0.1, 0.15) is 17.2 Å². The predicted octanol–water partition coefficient (Wildman–Crippen LogP) is 4.18. The molecular formula is C19H19F5N2O2. The Kier molecular flexibility index (Phi) is 6.35. The van der Waals surface area contributed by atoms with Gasteiger partial charge in [-0.1, -0.05) is 24.3 Å². The summed E-state index contributed by atoms with van der Waals surface area (Å²) in [6, 6.07) is 11.8. The minimum atomic E-state index is -4.75. The van der Waals surface area contributed by atoms with Crippen molar-refractivity contribution < 1.29 is 31.4 Å². The maximum atomic E-state index is 12.4. The Bertz CT molecular complexity index is 744. The van der Waals surface area contributed by atoms with Crippen LogP contribution in [0.3, 0.4) is 0 Å². The Labute approximate surface area is 158 Å². The quantitative estimate of drug-likeness (QED) is 0.735. The number of nitrogens with zero attached hydrogens (tertiary/aromatic N) is 1. The molecule has 1 atom stereocenters. The molecule has 0 aliphatic carbocycles. The van der Waals surface area contributed by atoms with Crippen LogP contribution in [0.2, 0.25) is 0 Å². The molecule has 3 rings (SSSR count). The summed E-state index contributed by atoms with van der Waals surface area (Å²) in [6.45, 7) is 0.120. The fourth-order valence-electron chi connectivity index (χ4n) is 3.24. The van der Waals surface area contributed by atoms with Gasteiger partial charge in [0, 0.05) is 26.2 Å². The van der Waals surface area contributed by atoms with Crippen molar-refractivity contribution in [2.24, 2.45) is 0 Å². The number of alkyl halides is 5. The first-order valence-corrected chi connectivity index (χ1v) is 8.67. The zero-order valence-corrected chi connectivity index (χ0v) is 14.8. The highest BCUT2D eigenvalue weighted by atomic mass is 19.4. The maximum Gasteiger partial charge on any atom is 0.573 e. The Morgan fingerprint density at radius 1 is 0.821 bits per heavy atom. The van der Waals surface area contributed by atoms with Gasteiger partial charge in [0.05, 0.1) is 6.04 Å². The normalized spacial score (nSPS) is 16.8. The van der Waals surface area contributed by atoms with Crippen molar-refractivity contribution in [2.75, 3.05) is 26.2 Å². The molecule has 1 N–H and O–H groups in total. The lowest BCUT2D eigenvalue weighted by Gasteiger charge is -2.35. The third kappa shape index (κ3) is 5.56. The van der Waals surface area contributed by atoms with Crippen molar-refractivity contribution in [3.8, 4) is 11.5 Å². The van der Waals surface area contributed by atoms with Gasteiger partial charge in [-0.25, -0.2) is 0 Å². The number of rotatable bonds is 6. The van der Waals surface area contributed by atoms with E-state index in [1.54, 1.807) is 24.3 Å². The zero-order valence-electron chi connectivity index (χ0n) is 14.8. The topological polar surface area (TPSA) is 33.7 Å². The highest BCUT2D eigenvalue weighted by Gasteiger charge is 2.31. The average molecular weight is 402 g/mol. The first-order chi connectivity index (χ1) is 13.3. The Hall–Kier alpha value is -2.39. The molecule has 2 aromatic rings. The monoisotopic (exact) mass is 402 g/mol. The van der Waals surface area contributed by atoms with E-state index in [9.17, 15) is 22.0 Å². The second kappa shape index (κ2) is 8.74. The average Bonchev–Trinajstić information content (AvgIpc) is 2.64. The van der Waals surface area contributed by atoms with E-state index in [0.29, 0.717) is 0 Å². The first-order valence-electron chi connectivity index (χ1n) is 8.67. The molecule has 1 heterocycles. The van der Waals surface area contributed by atoms with Crippen LogP contribution in [0.15, 0.2) is 48.5 Å². The maximum absolute atomic E-state index is 12.4. The summed E-state index contributed by atoms with van der Waals surface area (Å²) in [5.41, 5.74) is 1.60. The molecule has 0 bridgehead atoms. The first kappa shape index (κ1) is 20.3. The van der Waals surface area contributed by atoms with Gasteiger partial charge in [-0.15, -0.1) is 13.2 Å². The summed E-state index contributed by atoms with van der Waals surface area (Å²) in [4.78, 5) is 2.18. The van der Waals surface area contributed by atoms with Crippen LogP contribution in [-0.4, -0.2) is 44.1 Å². The van der Waals surface area contributed by atoms with Crippen molar-refractivity contribution in [3.63, 3.8) is 0 Å². The summed E-state index contributed by atoms with van der Waals surface area (Å²) in [6.07, 6.45) is -4.75. The molecule has 9 heteroatoms. The minimum Gasteiger partial charge on any atom is -0.435 e. The molecule has 0 spiro atoms. The van der Waals surface area contributed by atoms with Gasteiger partial charge in [0.2, 0.25) is 0 Å². The second-order valence-corrected chi connectivity index (χ2v) is 6.25.